The van der Waals surface area contributed by atoms with Crippen molar-refractivity contribution in [2.45, 2.75) is 26.6 Å². The number of ether oxygens (including phenoxy) is 1. The summed E-state index contributed by atoms with van der Waals surface area (Å²) in [6.07, 6.45) is -2.54. The molecule has 0 atom stereocenters. The van der Waals surface area contributed by atoms with Gasteiger partial charge in [-0.2, -0.15) is 13.2 Å². The van der Waals surface area contributed by atoms with E-state index in [2.05, 4.69) is 10.5 Å². The fraction of sp³-hybridized carbons (Fsp3) is 0.227. The maximum absolute atomic E-state index is 12.7. The van der Waals surface area contributed by atoms with E-state index in [1.54, 1.807) is 6.92 Å². The van der Waals surface area contributed by atoms with Crippen LogP contribution in [0, 0.1) is 6.92 Å². The predicted octanol–water partition coefficient (Wildman–Crippen LogP) is 5.63. The van der Waals surface area contributed by atoms with Gasteiger partial charge in [-0.3, -0.25) is 0 Å². The Bertz CT molecular complexity index is 1020. The van der Waals surface area contributed by atoms with Crippen molar-refractivity contribution in [1.82, 2.24) is 10.5 Å². The lowest BCUT2D eigenvalue weighted by Gasteiger charge is -2.08. The molecule has 0 unspecified atom stereocenters. The van der Waals surface area contributed by atoms with Gasteiger partial charge in [0.2, 0.25) is 5.89 Å². The van der Waals surface area contributed by atoms with Crippen LogP contribution in [0.25, 0.3) is 17.0 Å². The van der Waals surface area contributed by atoms with E-state index < -0.39 is 11.7 Å². The highest BCUT2D eigenvalue weighted by atomic mass is 19.4. The number of halogens is 3. The number of hydroxylamine groups is 1. The number of hydrogen-bond donors (Lipinski definition) is 2. The molecule has 30 heavy (non-hydrogen) atoms. The Balaban J connectivity index is 1.71. The van der Waals surface area contributed by atoms with Crippen molar-refractivity contribution >= 4 is 5.57 Å². The van der Waals surface area contributed by atoms with Crippen molar-refractivity contribution in [2.24, 2.45) is 0 Å². The minimum absolute atomic E-state index is 0.153. The Labute approximate surface area is 171 Å². The largest absolute Gasteiger partial charge is 0.487 e. The molecular weight excluding hydrogens is 397 g/mol. The molecule has 0 saturated carbocycles. The third-order valence-corrected chi connectivity index (χ3v) is 4.52. The Kier molecular flexibility index (Phi) is 6.59. The zero-order chi connectivity index (χ0) is 21.7. The van der Waals surface area contributed by atoms with Crippen molar-refractivity contribution < 1.29 is 27.5 Å². The Hall–Kier alpha value is -3.10. The van der Waals surface area contributed by atoms with Crippen LogP contribution in [0.2, 0.25) is 0 Å². The lowest BCUT2D eigenvalue weighted by molar-refractivity contribution is -0.137. The highest BCUT2D eigenvalue weighted by Gasteiger charge is 2.30. The molecule has 5 nitrogen and oxygen atoms in total. The van der Waals surface area contributed by atoms with E-state index in [1.165, 1.54) is 12.1 Å². The van der Waals surface area contributed by atoms with Gasteiger partial charge >= 0.3 is 6.18 Å². The van der Waals surface area contributed by atoms with Gasteiger partial charge in [0.25, 0.3) is 0 Å². The summed E-state index contributed by atoms with van der Waals surface area (Å²) >= 11 is 0. The Morgan fingerprint density at radius 1 is 1.20 bits per heavy atom. The summed E-state index contributed by atoms with van der Waals surface area (Å²) in [5, 5.41) is 8.70. The third kappa shape index (κ3) is 5.28. The normalized spacial score (nSPS) is 12.3. The van der Waals surface area contributed by atoms with Crippen molar-refractivity contribution in [3.05, 3.63) is 77.2 Å². The van der Waals surface area contributed by atoms with Crippen molar-refractivity contribution in [1.29, 1.82) is 0 Å². The number of aryl methyl sites for hydroxylation is 1. The molecule has 0 aliphatic rings. The molecule has 0 radical (unpaired) electrons. The molecule has 0 fully saturated rings. The summed E-state index contributed by atoms with van der Waals surface area (Å²) in [5.74, 6) is 1.41. The molecule has 3 aromatic rings. The van der Waals surface area contributed by atoms with E-state index in [0.717, 1.165) is 23.3 Å². The molecule has 0 spiro atoms. The van der Waals surface area contributed by atoms with Gasteiger partial charge in [0.1, 0.15) is 23.8 Å². The van der Waals surface area contributed by atoms with E-state index in [1.807, 2.05) is 37.3 Å². The second kappa shape index (κ2) is 9.15. The summed E-state index contributed by atoms with van der Waals surface area (Å²) < 4.78 is 49.6. The van der Waals surface area contributed by atoms with Crippen molar-refractivity contribution in [3.63, 3.8) is 0 Å². The molecule has 1 heterocycles. The van der Waals surface area contributed by atoms with Gasteiger partial charge in [-0.25, -0.2) is 10.5 Å². The number of alkyl halides is 3. The Morgan fingerprint density at radius 2 is 1.93 bits per heavy atom. The lowest BCUT2D eigenvalue weighted by atomic mass is 10.1. The highest BCUT2D eigenvalue weighted by Crippen LogP contribution is 2.31. The van der Waals surface area contributed by atoms with Crippen LogP contribution in [-0.4, -0.2) is 16.7 Å². The summed E-state index contributed by atoms with van der Waals surface area (Å²) in [7, 11) is 0. The molecule has 0 amide bonds. The maximum atomic E-state index is 12.7. The average Bonchev–Trinajstić information content (AvgIpc) is 3.10. The van der Waals surface area contributed by atoms with Gasteiger partial charge in [0, 0.05) is 12.1 Å². The molecular formula is C22H21F3N2O3. The van der Waals surface area contributed by atoms with E-state index in [9.17, 15) is 13.2 Å². The quantitative estimate of drug-likeness (QED) is 0.487. The number of nitrogens with one attached hydrogen (secondary N) is 1. The summed E-state index contributed by atoms with van der Waals surface area (Å²) in [5.41, 5.74) is 4.30. The molecule has 8 heteroatoms. The van der Waals surface area contributed by atoms with Crippen molar-refractivity contribution in [3.8, 4) is 17.2 Å². The van der Waals surface area contributed by atoms with Crippen LogP contribution in [0.1, 0.15) is 29.5 Å². The number of aromatic nitrogens is 1. The van der Waals surface area contributed by atoms with E-state index in [4.69, 9.17) is 14.4 Å². The zero-order valence-electron chi connectivity index (χ0n) is 16.5. The maximum Gasteiger partial charge on any atom is 0.416 e. The van der Waals surface area contributed by atoms with Gasteiger partial charge < -0.3 is 14.4 Å². The van der Waals surface area contributed by atoms with Gasteiger partial charge in [-0.15, -0.1) is 0 Å². The SMILES string of the molecule is C/C(=C\CNO)c1cccc(OCc2nc(-c3ccc(C(F)(F)F)cc3)oc2C)c1. The standard InChI is InChI=1S/C22H21F3N2O3/c1-14(10-11-26-28)17-4-3-5-19(12-17)29-13-20-15(2)30-21(27-20)16-6-8-18(9-7-16)22(23,24)25/h3-10,12,26,28H,11,13H2,1-2H3/b14-10+. The monoisotopic (exact) mass is 418 g/mol. The average molecular weight is 418 g/mol. The fourth-order valence-corrected chi connectivity index (χ4v) is 2.79. The van der Waals surface area contributed by atoms with E-state index >= 15 is 0 Å². The number of oxazole rings is 1. The van der Waals surface area contributed by atoms with Gasteiger partial charge in [-0.05, 0) is 61.4 Å². The molecule has 2 aromatic carbocycles. The second-order valence-electron chi connectivity index (χ2n) is 6.66. The number of rotatable bonds is 7. The number of hydrogen-bond acceptors (Lipinski definition) is 5. The van der Waals surface area contributed by atoms with E-state index in [0.29, 0.717) is 29.3 Å². The van der Waals surface area contributed by atoms with E-state index in [-0.39, 0.29) is 12.5 Å². The molecule has 1 aromatic heterocycles. The molecule has 0 aliphatic carbocycles. The number of nitrogens with zero attached hydrogens (tertiary/aromatic N) is 1. The Morgan fingerprint density at radius 3 is 2.60 bits per heavy atom. The number of benzene rings is 2. The summed E-state index contributed by atoms with van der Waals surface area (Å²) in [6.45, 7) is 4.14. The summed E-state index contributed by atoms with van der Waals surface area (Å²) in [4.78, 5) is 4.36. The van der Waals surface area contributed by atoms with Gasteiger partial charge in [0.15, 0.2) is 0 Å². The molecule has 0 aliphatic heterocycles. The topological polar surface area (TPSA) is 67.5 Å². The first-order chi connectivity index (χ1) is 14.3. The number of allylic oxidation sites excluding steroid dienone is 1. The van der Waals surface area contributed by atoms with Gasteiger partial charge in [0.05, 0.1) is 5.56 Å². The van der Waals surface area contributed by atoms with Crippen LogP contribution < -0.4 is 10.2 Å². The highest BCUT2D eigenvalue weighted by molar-refractivity contribution is 5.65. The van der Waals surface area contributed by atoms with Crippen molar-refractivity contribution in [2.75, 3.05) is 6.54 Å². The minimum atomic E-state index is -4.39. The molecule has 0 saturated heterocycles. The van der Waals surface area contributed by atoms with Crippen LogP contribution >= 0.6 is 0 Å². The first-order valence-electron chi connectivity index (χ1n) is 9.19. The first-order valence-corrected chi connectivity index (χ1v) is 9.19. The minimum Gasteiger partial charge on any atom is -0.487 e. The fourth-order valence-electron chi connectivity index (χ4n) is 2.79. The molecule has 0 bridgehead atoms. The second-order valence-corrected chi connectivity index (χ2v) is 6.66. The van der Waals surface area contributed by atoms with Gasteiger partial charge in [-0.1, -0.05) is 18.2 Å². The zero-order valence-corrected chi connectivity index (χ0v) is 16.5. The first kappa shape index (κ1) is 21.6. The smallest absolute Gasteiger partial charge is 0.416 e. The van der Waals surface area contributed by atoms with Crippen LogP contribution in [0.4, 0.5) is 13.2 Å². The van der Waals surface area contributed by atoms with Crippen LogP contribution in [0.3, 0.4) is 0 Å². The lowest BCUT2D eigenvalue weighted by Crippen LogP contribution is -2.05. The molecule has 158 valence electrons. The van der Waals surface area contributed by atoms with Crippen LogP contribution in [-0.2, 0) is 12.8 Å². The molecule has 3 rings (SSSR count). The third-order valence-electron chi connectivity index (χ3n) is 4.52. The molecule has 2 N–H and O–H groups in total. The summed E-state index contributed by atoms with van der Waals surface area (Å²) in [6, 6.07) is 12.1. The van der Waals surface area contributed by atoms with Crippen LogP contribution in [0.5, 0.6) is 5.75 Å². The van der Waals surface area contributed by atoms with Crippen LogP contribution in [0.15, 0.2) is 59.0 Å². The predicted molar refractivity (Wildman–Crippen MR) is 106 cm³/mol.